The number of carboxylic acids is 1. The average molecular weight is 391 g/mol. The summed E-state index contributed by atoms with van der Waals surface area (Å²) in [6.07, 6.45) is -2.63. The van der Waals surface area contributed by atoms with Gasteiger partial charge in [0.25, 0.3) is 0 Å². The van der Waals surface area contributed by atoms with Gasteiger partial charge >= 0.3 is 12.1 Å². The highest BCUT2D eigenvalue weighted by Gasteiger charge is 2.38. The number of alkyl halides is 3. The first-order chi connectivity index (χ1) is 13.2. The van der Waals surface area contributed by atoms with Crippen LogP contribution in [-0.4, -0.2) is 33.9 Å². The number of fused-ring (bicyclic) bond motifs is 2. The molecule has 9 heteroatoms. The van der Waals surface area contributed by atoms with E-state index in [1.54, 1.807) is 12.3 Å². The second-order valence-corrected chi connectivity index (χ2v) is 6.02. The minimum absolute atomic E-state index is 0.209. The van der Waals surface area contributed by atoms with Crippen molar-refractivity contribution in [1.29, 1.82) is 0 Å². The number of phenols is 1. The molecule has 1 aromatic heterocycles. The second kappa shape index (κ2) is 7.35. The molecule has 0 aliphatic carbocycles. The predicted octanol–water partition coefficient (Wildman–Crippen LogP) is 3.80. The third-order valence-corrected chi connectivity index (χ3v) is 4.21. The Morgan fingerprint density at radius 1 is 1.18 bits per heavy atom. The van der Waals surface area contributed by atoms with E-state index in [0.29, 0.717) is 18.5 Å². The standard InChI is InChI=1S/C17H15N3O.C2HF3O2/c18-7-5-10-9-14(21)17-15-12(6-8-19-17)11-3-1-2-4-13(11)20-16(10)15;3-2(4,5)1(6)7/h1-4,6,8-9,20-21H,5,7,18H2;(H,6,7). The number of para-hydroxylation sites is 1. The Morgan fingerprint density at radius 2 is 1.86 bits per heavy atom. The molecule has 4 rings (SSSR count). The van der Waals surface area contributed by atoms with Crippen molar-refractivity contribution in [3.8, 4) is 16.9 Å². The molecule has 0 radical (unpaired) electrons. The largest absolute Gasteiger partial charge is 0.506 e. The highest BCUT2D eigenvalue weighted by Crippen LogP contribution is 2.46. The van der Waals surface area contributed by atoms with E-state index in [2.05, 4.69) is 22.4 Å². The van der Waals surface area contributed by atoms with E-state index in [-0.39, 0.29) is 5.75 Å². The number of aromatic nitrogens is 1. The molecule has 0 spiro atoms. The van der Waals surface area contributed by atoms with Gasteiger partial charge in [-0.3, -0.25) is 4.98 Å². The van der Waals surface area contributed by atoms with Gasteiger partial charge in [0, 0.05) is 22.8 Å². The fraction of sp³-hybridized carbons (Fsp3) is 0.158. The number of pyridine rings is 1. The Kier molecular flexibility index (Phi) is 5.10. The monoisotopic (exact) mass is 391 g/mol. The van der Waals surface area contributed by atoms with Crippen molar-refractivity contribution in [2.45, 2.75) is 12.6 Å². The maximum absolute atomic E-state index is 10.6. The lowest BCUT2D eigenvalue weighted by Crippen LogP contribution is -2.21. The number of aliphatic carboxylic acids is 1. The molecule has 28 heavy (non-hydrogen) atoms. The molecule has 146 valence electrons. The summed E-state index contributed by atoms with van der Waals surface area (Å²) in [6.45, 7) is 0.539. The number of anilines is 2. The van der Waals surface area contributed by atoms with E-state index in [9.17, 15) is 18.3 Å². The zero-order chi connectivity index (χ0) is 20.5. The summed E-state index contributed by atoms with van der Waals surface area (Å²) in [5.74, 6) is -2.55. The van der Waals surface area contributed by atoms with Crippen molar-refractivity contribution in [1.82, 2.24) is 4.98 Å². The maximum atomic E-state index is 10.6. The topological polar surface area (TPSA) is 108 Å². The molecule has 2 heterocycles. The third-order valence-electron chi connectivity index (χ3n) is 4.21. The summed E-state index contributed by atoms with van der Waals surface area (Å²) in [4.78, 5) is 13.2. The van der Waals surface area contributed by atoms with Crippen LogP contribution in [0.4, 0.5) is 24.5 Å². The van der Waals surface area contributed by atoms with Gasteiger partial charge in [-0.15, -0.1) is 0 Å². The van der Waals surface area contributed by atoms with Crippen molar-refractivity contribution in [2.75, 3.05) is 11.9 Å². The molecule has 0 atom stereocenters. The van der Waals surface area contributed by atoms with Gasteiger partial charge in [-0.1, -0.05) is 18.2 Å². The number of carboxylic acid groups (broad SMARTS) is 1. The minimum Gasteiger partial charge on any atom is -0.506 e. The van der Waals surface area contributed by atoms with Crippen LogP contribution in [0.25, 0.3) is 22.0 Å². The summed E-state index contributed by atoms with van der Waals surface area (Å²) in [5.41, 5.74) is 11.7. The van der Waals surface area contributed by atoms with Crippen molar-refractivity contribution in [3.05, 3.63) is 48.2 Å². The van der Waals surface area contributed by atoms with Crippen LogP contribution >= 0.6 is 0 Å². The molecule has 0 fully saturated rings. The SMILES string of the molecule is NCCc1cc(O)c2nccc3c2c1Nc1ccccc1-3.O=C(O)C(F)(F)F. The first-order valence-corrected chi connectivity index (χ1v) is 8.24. The lowest BCUT2D eigenvalue weighted by atomic mass is 9.92. The van der Waals surface area contributed by atoms with E-state index in [1.165, 1.54) is 0 Å². The molecule has 0 unspecified atom stereocenters. The second-order valence-electron chi connectivity index (χ2n) is 6.02. The van der Waals surface area contributed by atoms with Gasteiger partial charge < -0.3 is 21.3 Å². The fourth-order valence-electron chi connectivity index (χ4n) is 3.06. The van der Waals surface area contributed by atoms with Crippen molar-refractivity contribution in [3.63, 3.8) is 0 Å². The molecule has 0 bridgehead atoms. The molecular weight excluding hydrogens is 375 g/mol. The molecule has 1 aliphatic rings. The molecule has 0 saturated carbocycles. The third kappa shape index (κ3) is 3.56. The molecule has 0 amide bonds. The lowest BCUT2D eigenvalue weighted by Gasteiger charge is -2.24. The number of nitrogens with one attached hydrogen (secondary N) is 1. The predicted molar refractivity (Wildman–Crippen MR) is 98.6 cm³/mol. The van der Waals surface area contributed by atoms with Crippen LogP contribution in [0.5, 0.6) is 5.75 Å². The summed E-state index contributed by atoms with van der Waals surface area (Å²) in [7, 11) is 0. The van der Waals surface area contributed by atoms with Crippen LogP contribution in [0.3, 0.4) is 0 Å². The number of carbonyl (C=O) groups is 1. The normalized spacial score (nSPS) is 11.9. The number of halogens is 3. The molecule has 1 aliphatic heterocycles. The van der Waals surface area contributed by atoms with Crippen LogP contribution < -0.4 is 11.1 Å². The number of rotatable bonds is 2. The number of aromatic hydroxyl groups is 1. The van der Waals surface area contributed by atoms with Crippen LogP contribution in [0.15, 0.2) is 42.6 Å². The van der Waals surface area contributed by atoms with Crippen LogP contribution in [-0.2, 0) is 11.2 Å². The van der Waals surface area contributed by atoms with Gasteiger partial charge in [-0.25, -0.2) is 4.79 Å². The molecule has 2 aromatic carbocycles. The van der Waals surface area contributed by atoms with E-state index in [0.717, 1.165) is 33.5 Å². The van der Waals surface area contributed by atoms with Gasteiger partial charge in [0.1, 0.15) is 11.3 Å². The number of hydrogen-bond acceptors (Lipinski definition) is 5. The van der Waals surface area contributed by atoms with Gasteiger partial charge in [0.15, 0.2) is 0 Å². The first-order valence-electron chi connectivity index (χ1n) is 8.24. The summed E-state index contributed by atoms with van der Waals surface area (Å²) >= 11 is 0. The summed E-state index contributed by atoms with van der Waals surface area (Å²) < 4.78 is 31.7. The van der Waals surface area contributed by atoms with Crippen molar-refractivity contribution in [2.24, 2.45) is 5.73 Å². The van der Waals surface area contributed by atoms with E-state index < -0.39 is 12.1 Å². The zero-order valence-corrected chi connectivity index (χ0v) is 14.4. The zero-order valence-electron chi connectivity index (χ0n) is 14.4. The van der Waals surface area contributed by atoms with E-state index in [4.69, 9.17) is 15.6 Å². The molecular formula is C19H16F3N3O3. The van der Waals surface area contributed by atoms with Crippen molar-refractivity contribution >= 4 is 28.2 Å². The fourth-order valence-corrected chi connectivity index (χ4v) is 3.06. The highest BCUT2D eigenvalue weighted by atomic mass is 19.4. The molecule has 5 N–H and O–H groups in total. The van der Waals surface area contributed by atoms with Gasteiger partial charge in [-0.2, -0.15) is 13.2 Å². The maximum Gasteiger partial charge on any atom is 0.490 e. The minimum atomic E-state index is -5.08. The number of nitrogens with two attached hydrogens (primary N) is 1. The molecule has 3 aromatic rings. The average Bonchev–Trinajstić information content (AvgIpc) is 2.65. The van der Waals surface area contributed by atoms with E-state index in [1.807, 2.05) is 18.2 Å². The number of hydrogen-bond donors (Lipinski definition) is 4. The van der Waals surface area contributed by atoms with Gasteiger partial charge in [-0.05, 0) is 42.3 Å². The van der Waals surface area contributed by atoms with E-state index >= 15 is 0 Å². The molecule has 0 saturated heterocycles. The highest BCUT2D eigenvalue weighted by molar-refractivity contribution is 6.12. The lowest BCUT2D eigenvalue weighted by molar-refractivity contribution is -0.192. The Bertz CT molecular complexity index is 1050. The number of phenolic OH excluding ortho intramolecular Hbond substituents is 1. The van der Waals surface area contributed by atoms with Crippen LogP contribution in [0, 0.1) is 0 Å². The quantitative estimate of drug-likeness (QED) is 0.387. The first kappa shape index (κ1) is 19.4. The Hall–Kier alpha value is -3.33. The smallest absolute Gasteiger partial charge is 0.490 e. The van der Waals surface area contributed by atoms with Crippen LogP contribution in [0.2, 0.25) is 0 Å². The number of nitrogens with zero attached hydrogens (tertiary/aromatic N) is 1. The van der Waals surface area contributed by atoms with Gasteiger partial charge in [0.05, 0.1) is 5.69 Å². The van der Waals surface area contributed by atoms with Crippen LogP contribution in [0.1, 0.15) is 5.56 Å². The molecule has 6 nitrogen and oxygen atoms in total. The summed E-state index contributed by atoms with van der Waals surface area (Å²) in [5, 5.41) is 21.8. The Labute approximate surface area is 157 Å². The Balaban J connectivity index is 0.000000279. The number of benzene rings is 2. The Morgan fingerprint density at radius 3 is 2.50 bits per heavy atom. The van der Waals surface area contributed by atoms with Gasteiger partial charge in [0.2, 0.25) is 0 Å². The summed E-state index contributed by atoms with van der Waals surface area (Å²) in [6, 6.07) is 11.9. The van der Waals surface area contributed by atoms with Crippen molar-refractivity contribution < 1.29 is 28.2 Å².